The van der Waals surface area contributed by atoms with Gasteiger partial charge in [0.25, 0.3) is 0 Å². The molecule has 0 unspecified atom stereocenters. The monoisotopic (exact) mass is 274 g/mol. The molecule has 0 saturated carbocycles. The second kappa shape index (κ2) is 4.26. The van der Waals surface area contributed by atoms with Gasteiger partial charge in [0, 0.05) is 46.3 Å². The smallest absolute Gasteiger partial charge is 0.0480 e. The van der Waals surface area contributed by atoms with Crippen LogP contribution in [0.15, 0.2) is 48.7 Å². The Balaban J connectivity index is 1.99. The summed E-state index contributed by atoms with van der Waals surface area (Å²) in [5, 5.41) is 2.63. The maximum Gasteiger partial charge on any atom is 0.0480 e. The van der Waals surface area contributed by atoms with Crippen molar-refractivity contribution in [2.75, 3.05) is 0 Å². The molecule has 2 nitrogen and oxygen atoms in total. The zero-order valence-electron chi connectivity index (χ0n) is 12.6. The van der Waals surface area contributed by atoms with E-state index in [1.54, 1.807) is 0 Å². The number of rotatable bonds is 1. The molecule has 0 fully saturated rings. The Morgan fingerprint density at radius 1 is 0.952 bits per heavy atom. The summed E-state index contributed by atoms with van der Waals surface area (Å²) >= 11 is 0. The van der Waals surface area contributed by atoms with Crippen molar-refractivity contribution in [1.82, 2.24) is 9.55 Å². The zero-order valence-corrected chi connectivity index (χ0v) is 12.6. The van der Waals surface area contributed by atoms with E-state index in [-0.39, 0.29) is 0 Å². The fourth-order valence-corrected chi connectivity index (χ4v) is 3.24. The standard InChI is InChI=1S/C19H18N2/c1-12-5-4-6-17-16(12)11-18(20-17)14-7-8-19-15(13(14)2)9-10-21(19)3/h4-11,20H,1-3H3. The molecule has 0 aliphatic rings. The summed E-state index contributed by atoms with van der Waals surface area (Å²) in [7, 11) is 2.09. The van der Waals surface area contributed by atoms with Crippen molar-refractivity contribution >= 4 is 21.8 Å². The maximum atomic E-state index is 3.56. The molecule has 2 aromatic carbocycles. The van der Waals surface area contributed by atoms with E-state index in [0.29, 0.717) is 0 Å². The van der Waals surface area contributed by atoms with Crippen molar-refractivity contribution in [3.8, 4) is 11.3 Å². The minimum Gasteiger partial charge on any atom is -0.355 e. The Bertz CT molecular complexity index is 970. The lowest BCUT2D eigenvalue weighted by Crippen LogP contribution is -1.87. The third-order valence-electron chi connectivity index (χ3n) is 4.51. The second-order valence-electron chi connectivity index (χ2n) is 5.82. The predicted octanol–water partition coefficient (Wildman–Crippen LogP) is 4.94. The van der Waals surface area contributed by atoms with Gasteiger partial charge < -0.3 is 9.55 Å². The Kier molecular flexibility index (Phi) is 2.49. The van der Waals surface area contributed by atoms with Crippen LogP contribution >= 0.6 is 0 Å². The first kappa shape index (κ1) is 12.3. The molecule has 0 aliphatic heterocycles. The van der Waals surface area contributed by atoms with Crippen LogP contribution in [0.4, 0.5) is 0 Å². The lowest BCUT2D eigenvalue weighted by molar-refractivity contribution is 0.969. The van der Waals surface area contributed by atoms with Crippen LogP contribution in [0.1, 0.15) is 11.1 Å². The number of aromatic amines is 1. The minimum atomic E-state index is 1.20. The molecule has 0 aliphatic carbocycles. The fraction of sp³-hybridized carbons (Fsp3) is 0.158. The number of aromatic nitrogens is 2. The third kappa shape index (κ3) is 1.72. The maximum absolute atomic E-state index is 3.56. The number of hydrogen-bond acceptors (Lipinski definition) is 0. The van der Waals surface area contributed by atoms with E-state index >= 15 is 0 Å². The van der Waals surface area contributed by atoms with E-state index in [0.717, 1.165) is 0 Å². The van der Waals surface area contributed by atoms with E-state index < -0.39 is 0 Å². The van der Waals surface area contributed by atoms with Crippen LogP contribution in [0.25, 0.3) is 33.1 Å². The number of hydrogen-bond donors (Lipinski definition) is 1. The molecule has 2 aromatic heterocycles. The average molecular weight is 274 g/mol. The summed E-state index contributed by atoms with van der Waals surface area (Å²) in [4.78, 5) is 3.56. The van der Waals surface area contributed by atoms with Crippen molar-refractivity contribution in [2.45, 2.75) is 13.8 Å². The van der Waals surface area contributed by atoms with E-state index in [4.69, 9.17) is 0 Å². The van der Waals surface area contributed by atoms with Crippen LogP contribution in [0, 0.1) is 13.8 Å². The quantitative estimate of drug-likeness (QED) is 0.507. The summed E-state index contributed by atoms with van der Waals surface area (Å²) in [5.41, 5.74) is 7.61. The highest BCUT2D eigenvalue weighted by atomic mass is 14.9. The molecule has 4 aromatic rings. The number of H-pyrrole nitrogens is 1. The highest BCUT2D eigenvalue weighted by Crippen LogP contribution is 2.32. The molecule has 1 N–H and O–H groups in total. The van der Waals surface area contributed by atoms with Crippen LogP contribution in [-0.4, -0.2) is 9.55 Å². The predicted molar refractivity (Wildman–Crippen MR) is 89.7 cm³/mol. The van der Waals surface area contributed by atoms with E-state index in [1.165, 1.54) is 44.2 Å². The van der Waals surface area contributed by atoms with E-state index in [9.17, 15) is 0 Å². The first-order chi connectivity index (χ1) is 10.1. The van der Waals surface area contributed by atoms with Gasteiger partial charge in [0.15, 0.2) is 0 Å². The van der Waals surface area contributed by atoms with Gasteiger partial charge in [-0.3, -0.25) is 0 Å². The molecule has 0 saturated heterocycles. The average Bonchev–Trinajstić information content (AvgIpc) is 3.05. The number of benzene rings is 2. The summed E-state index contributed by atoms with van der Waals surface area (Å²) in [6.07, 6.45) is 2.12. The topological polar surface area (TPSA) is 20.7 Å². The van der Waals surface area contributed by atoms with Crippen LogP contribution in [0.3, 0.4) is 0 Å². The van der Waals surface area contributed by atoms with Crippen LogP contribution in [-0.2, 0) is 7.05 Å². The molecule has 0 radical (unpaired) electrons. The van der Waals surface area contributed by atoms with Gasteiger partial charge in [-0.05, 0) is 49.2 Å². The van der Waals surface area contributed by atoms with Crippen molar-refractivity contribution in [3.05, 3.63) is 59.8 Å². The molecule has 2 heterocycles. The number of aryl methyl sites for hydroxylation is 3. The summed E-state index contributed by atoms with van der Waals surface area (Å²) in [6, 6.07) is 15.3. The minimum absolute atomic E-state index is 1.20. The molecule has 0 spiro atoms. The Morgan fingerprint density at radius 2 is 1.81 bits per heavy atom. The molecular formula is C19H18N2. The van der Waals surface area contributed by atoms with Gasteiger partial charge in [-0.25, -0.2) is 0 Å². The zero-order chi connectivity index (χ0) is 14.6. The van der Waals surface area contributed by atoms with Crippen LogP contribution < -0.4 is 0 Å². The number of nitrogens with zero attached hydrogens (tertiary/aromatic N) is 1. The van der Waals surface area contributed by atoms with Gasteiger partial charge in [0.05, 0.1) is 0 Å². The Hall–Kier alpha value is -2.48. The van der Waals surface area contributed by atoms with Crippen molar-refractivity contribution in [3.63, 3.8) is 0 Å². The highest BCUT2D eigenvalue weighted by molar-refractivity contribution is 5.93. The Labute approximate surface area is 124 Å². The molecule has 0 bridgehead atoms. The SMILES string of the molecule is Cc1cccc2[nH]c(-c3ccc4c(ccn4C)c3C)cc12. The fourth-order valence-electron chi connectivity index (χ4n) is 3.24. The molecule has 21 heavy (non-hydrogen) atoms. The van der Waals surface area contributed by atoms with Crippen molar-refractivity contribution < 1.29 is 0 Å². The number of fused-ring (bicyclic) bond motifs is 2. The van der Waals surface area contributed by atoms with Gasteiger partial charge in [-0.2, -0.15) is 0 Å². The van der Waals surface area contributed by atoms with Crippen molar-refractivity contribution in [1.29, 1.82) is 0 Å². The lowest BCUT2D eigenvalue weighted by Gasteiger charge is -2.06. The first-order valence-electron chi connectivity index (χ1n) is 7.28. The molecule has 0 atom stereocenters. The van der Waals surface area contributed by atoms with Gasteiger partial charge in [-0.15, -0.1) is 0 Å². The summed E-state index contributed by atoms with van der Waals surface area (Å²) in [5.74, 6) is 0. The first-order valence-corrected chi connectivity index (χ1v) is 7.28. The second-order valence-corrected chi connectivity index (χ2v) is 5.82. The highest BCUT2D eigenvalue weighted by Gasteiger charge is 2.10. The summed E-state index contributed by atoms with van der Waals surface area (Å²) in [6.45, 7) is 4.36. The van der Waals surface area contributed by atoms with Gasteiger partial charge in [0.1, 0.15) is 0 Å². The van der Waals surface area contributed by atoms with Gasteiger partial charge >= 0.3 is 0 Å². The summed E-state index contributed by atoms with van der Waals surface area (Å²) < 4.78 is 2.17. The molecule has 104 valence electrons. The Morgan fingerprint density at radius 3 is 2.62 bits per heavy atom. The molecule has 4 rings (SSSR count). The lowest BCUT2D eigenvalue weighted by atomic mass is 10.0. The van der Waals surface area contributed by atoms with Crippen molar-refractivity contribution in [2.24, 2.45) is 7.05 Å². The van der Waals surface area contributed by atoms with Gasteiger partial charge in [-0.1, -0.05) is 18.2 Å². The molecule has 2 heteroatoms. The van der Waals surface area contributed by atoms with E-state index in [1.807, 2.05) is 0 Å². The normalized spacial score (nSPS) is 11.6. The largest absolute Gasteiger partial charge is 0.355 e. The third-order valence-corrected chi connectivity index (χ3v) is 4.51. The molecular weight excluding hydrogens is 256 g/mol. The molecule has 0 amide bonds. The number of nitrogens with one attached hydrogen (secondary N) is 1. The van der Waals surface area contributed by atoms with Gasteiger partial charge in [0.2, 0.25) is 0 Å². The van der Waals surface area contributed by atoms with Crippen LogP contribution in [0.2, 0.25) is 0 Å². The van der Waals surface area contributed by atoms with Crippen LogP contribution in [0.5, 0.6) is 0 Å². The van der Waals surface area contributed by atoms with E-state index in [2.05, 4.69) is 79.1 Å².